The molecule has 0 spiro atoms. The summed E-state index contributed by atoms with van der Waals surface area (Å²) >= 11 is 0. The summed E-state index contributed by atoms with van der Waals surface area (Å²) in [5.74, 6) is -2.78. The van der Waals surface area contributed by atoms with Crippen LogP contribution in [0, 0.1) is 11.6 Å². The molecule has 0 unspecified atom stereocenters. The van der Waals surface area contributed by atoms with Crippen molar-refractivity contribution < 1.29 is 27.8 Å². The zero-order valence-electron chi connectivity index (χ0n) is 15.7. The highest BCUT2D eigenvalue weighted by Crippen LogP contribution is 2.29. The predicted molar refractivity (Wildman–Crippen MR) is 106 cm³/mol. The summed E-state index contributed by atoms with van der Waals surface area (Å²) in [7, 11) is 0. The van der Waals surface area contributed by atoms with E-state index in [4.69, 9.17) is 9.47 Å². The lowest BCUT2D eigenvalue weighted by molar-refractivity contribution is -0.131. The SMILES string of the molecule is O=C(COc1ccc(F)cc1F)NNC(=O)COc1ccccc1-c1ccccc1. The van der Waals surface area contributed by atoms with E-state index in [1.165, 1.54) is 0 Å². The van der Waals surface area contributed by atoms with Crippen LogP contribution in [0.2, 0.25) is 0 Å². The second-order valence-electron chi connectivity index (χ2n) is 6.11. The van der Waals surface area contributed by atoms with Crippen LogP contribution in [-0.2, 0) is 9.59 Å². The largest absolute Gasteiger partial charge is 0.483 e. The van der Waals surface area contributed by atoms with E-state index >= 15 is 0 Å². The molecule has 0 aliphatic carbocycles. The fourth-order valence-electron chi connectivity index (χ4n) is 2.54. The number of benzene rings is 3. The second kappa shape index (κ2) is 10.0. The van der Waals surface area contributed by atoms with E-state index in [0.717, 1.165) is 23.3 Å². The average molecular weight is 412 g/mol. The van der Waals surface area contributed by atoms with Crippen LogP contribution < -0.4 is 20.3 Å². The number of rotatable bonds is 7. The normalized spacial score (nSPS) is 10.2. The molecule has 3 aromatic rings. The molecule has 0 atom stereocenters. The monoisotopic (exact) mass is 412 g/mol. The fraction of sp³-hybridized carbons (Fsp3) is 0.0909. The van der Waals surface area contributed by atoms with Crippen molar-refractivity contribution in [2.24, 2.45) is 0 Å². The number of hydrazine groups is 1. The topological polar surface area (TPSA) is 76.7 Å². The molecule has 2 amide bonds. The molecule has 0 heterocycles. The first-order valence-electron chi connectivity index (χ1n) is 8.95. The van der Waals surface area contributed by atoms with Gasteiger partial charge in [0.05, 0.1) is 0 Å². The van der Waals surface area contributed by atoms with Gasteiger partial charge in [-0.15, -0.1) is 0 Å². The molecule has 6 nitrogen and oxygen atoms in total. The average Bonchev–Trinajstić information content (AvgIpc) is 2.76. The van der Waals surface area contributed by atoms with Gasteiger partial charge in [-0.05, 0) is 23.8 Å². The standard InChI is InChI=1S/C22H18F2N2O4/c23-16-10-11-20(18(24)12-16)30-14-22(28)26-25-21(27)13-29-19-9-5-4-8-17(19)15-6-2-1-3-7-15/h1-12H,13-14H2,(H,25,27)(H,26,28). The van der Waals surface area contributed by atoms with Gasteiger partial charge in [-0.3, -0.25) is 20.4 Å². The molecule has 0 aliphatic rings. The Balaban J connectivity index is 1.46. The maximum absolute atomic E-state index is 13.4. The minimum atomic E-state index is -0.933. The van der Waals surface area contributed by atoms with Gasteiger partial charge in [0.2, 0.25) is 0 Å². The molecule has 0 bridgehead atoms. The van der Waals surface area contributed by atoms with E-state index < -0.39 is 30.1 Å². The van der Waals surface area contributed by atoms with Gasteiger partial charge in [0.25, 0.3) is 11.8 Å². The Kier molecular flexibility index (Phi) is 6.94. The van der Waals surface area contributed by atoms with Crippen molar-refractivity contribution in [1.29, 1.82) is 0 Å². The molecule has 2 N–H and O–H groups in total. The molecule has 0 saturated heterocycles. The number of carbonyl (C=O) groups is 2. The van der Waals surface area contributed by atoms with Crippen LogP contribution in [0.1, 0.15) is 0 Å². The highest BCUT2D eigenvalue weighted by molar-refractivity contribution is 5.83. The second-order valence-corrected chi connectivity index (χ2v) is 6.11. The third-order valence-corrected chi connectivity index (χ3v) is 3.92. The lowest BCUT2D eigenvalue weighted by Gasteiger charge is -2.12. The molecule has 3 aromatic carbocycles. The smallest absolute Gasteiger partial charge is 0.276 e. The van der Waals surface area contributed by atoms with Crippen molar-refractivity contribution in [3.05, 3.63) is 84.4 Å². The van der Waals surface area contributed by atoms with Crippen LogP contribution in [0.4, 0.5) is 8.78 Å². The number of para-hydroxylation sites is 1. The van der Waals surface area contributed by atoms with Crippen LogP contribution >= 0.6 is 0 Å². The summed E-state index contributed by atoms with van der Waals surface area (Å²) in [6.07, 6.45) is 0. The lowest BCUT2D eigenvalue weighted by Crippen LogP contribution is -2.45. The number of nitrogens with one attached hydrogen (secondary N) is 2. The summed E-state index contributed by atoms with van der Waals surface area (Å²) in [5.41, 5.74) is 6.06. The van der Waals surface area contributed by atoms with Gasteiger partial charge in [-0.25, -0.2) is 8.78 Å². The van der Waals surface area contributed by atoms with E-state index in [0.29, 0.717) is 11.8 Å². The summed E-state index contributed by atoms with van der Waals surface area (Å²) in [6, 6.07) is 19.5. The Labute approximate surface area is 171 Å². The van der Waals surface area contributed by atoms with E-state index in [1.807, 2.05) is 42.5 Å². The Morgan fingerprint density at radius 1 is 0.733 bits per heavy atom. The van der Waals surface area contributed by atoms with Crippen LogP contribution in [0.3, 0.4) is 0 Å². The molecule has 30 heavy (non-hydrogen) atoms. The summed E-state index contributed by atoms with van der Waals surface area (Å²) in [5, 5.41) is 0. The number of amides is 2. The molecule has 0 aromatic heterocycles. The van der Waals surface area contributed by atoms with Gasteiger partial charge in [0, 0.05) is 11.6 Å². The van der Waals surface area contributed by atoms with Gasteiger partial charge >= 0.3 is 0 Å². The first kappa shape index (κ1) is 20.8. The van der Waals surface area contributed by atoms with Gasteiger partial charge in [-0.1, -0.05) is 48.5 Å². The van der Waals surface area contributed by atoms with Crippen LogP contribution in [0.25, 0.3) is 11.1 Å². The number of hydrogen-bond acceptors (Lipinski definition) is 4. The Morgan fingerprint density at radius 3 is 2.00 bits per heavy atom. The Morgan fingerprint density at radius 2 is 1.33 bits per heavy atom. The van der Waals surface area contributed by atoms with Crippen molar-refractivity contribution in [1.82, 2.24) is 10.9 Å². The summed E-state index contributed by atoms with van der Waals surface area (Å²) in [6.45, 7) is -0.905. The highest BCUT2D eigenvalue weighted by Gasteiger charge is 2.11. The molecule has 0 saturated carbocycles. The van der Waals surface area contributed by atoms with Crippen molar-refractivity contribution in [2.45, 2.75) is 0 Å². The zero-order valence-corrected chi connectivity index (χ0v) is 15.7. The predicted octanol–water partition coefficient (Wildman–Crippen LogP) is 3.24. The number of ether oxygens (including phenoxy) is 2. The van der Waals surface area contributed by atoms with Gasteiger partial charge in [-0.2, -0.15) is 0 Å². The van der Waals surface area contributed by atoms with Crippen molar-refractivity contribution in [3.63, 3.8) is 0 Å². The van der Waals surface area contributed by atoms with E-state index in [2.05, 4.69) is 10.9 Å². The minimum Gasteiger partial charge on any atom is -0.483 e. The Hall–Kier alpha value is -3.94. The van der Waals surface area contributed by atoms with E-state index in [-0.39, 0.29) is 12.4 Å². The van der Waals surface area contributed by atoms with E-state index in [9.17, 15) is 18.4 Å². The lowest BCUT2D eigenvalue weighted by atomic mass is 10.1. The highest BCUT2D eigenvalue weighted by atomic mass is 19.1. The number of halogens is 2. The van der Waals surface area contributed by atoms with Crippen LogP contribution in [0.15, 0.2) is 72.8 Å². The third kappa shape index (κ3) is 5.78. The fourth-order valence-corrected chi connectivity index (χ4v) is 2.54. The maximum Gasteiger partial charge on any atom is 0.276 e. The zero-order chi connectivity index (χ0) is 21.3. The molecular formula is C22H18F2N2O4. The number of carbonyl (C=O) groups excluding carboxylic acids is 2. The van der Waals surface area contributed by atoms with Gasteiger partial charge < -0.3 is 9.47 Å². The van der Waals surface area contributed by atoms with Crippen molar-refractivity contribution >= 4 is 11.8 Å². The molecule has 0 fully saturated rings. The molecule has 0 aliphatic heterocycles. The first-order valence-corrected chi connectivity index (χ1v) is 8.95. The molecule has 3 rings (SSSR count). The Bertz CT molecular complexity index is 1030. The summed E-state index contributed by atoms with van der Waals surface area (Å²) in [4.78, 5) is 23.7. The van der Waals surface area contributed by atoms with Crippen LogP contribution in [0.5, 0.6) is 11.5 Å². The maximum atomic E-state index is 13.4. The molecule has 0 radical (unpaired) electrons. The molecule has 8 heteroatoms. The first-order chi connectivity index (χ1) is 14.5. The molecule has 154 valence electrons. The van der Waals surface area contributed by atoms with Crippen molar-refractivity contribution in [2.75, 3.05) is 13.2 Å². The van der Waals surface area contributed by atoms with Gasteiger partial charge in [0.1, 0.15) is 11.6 Å². The molecular weight excluding hydrogens is 394 g/mol. The third-order valence-electron chi connectivity index (χ3n) is 3.92. The minimum absolute atomic E-state index is 0.279. The van der Waals surface area contributed by atoms with Crippen molar-refractivity contribution in [3.8, 4) is 22.6 Å². The van der Waals surface area contributed by atoms with E-state index in [1.54, 1.807) is 12.1 Å². The van der Waals surface area contributed by atoms with Gasteiger partial charge in [0.15, 0.2) is 24.8 Å². The summed E-state index contributed by atoms with van der Waals surface area (Å²) < 4.78 is 36.8. The number of hydrogen-bond donors (Lipinski definition) is 2. The van der Waals surface area contributed by atoms with Crippen LogP contribution in [-0.4, -0.2) is 25.0 Å². The quantitative estimate of drug-likeness (QED) is 0.584.